The number of fused-ring (bicyclic) bond motifs is 1. The van der Waals surface area contributed by atoms with Crippen LogP contribution in [0.5, 0.6) is 0 Å². The number of pyridine rings is 1. The number of hydrogen-bond acceptors (Lipinski definition) is 2. The van der Waals surface area contributed by atoms with E-state index in [2.05, 4.69) is 11.9 Å². The third-order valence-corrected chi connectivity index (χ3v) is 3.40. The van der Waals surface area contributed by atoms with Gasteiger partial charge in [0.1, 0.15) is 5.56 Å². The van der Waals surface area contributed by atoms with Gasteiger partial charge in [0, 0.05) is 24.7 Å². The summed E-state index contributed by atoms with van der Waals surface area (Å²) in [6.45, 7) is 5.78. The second kappa shape index (κ2) is 6.28. The van der Waals surface area contributed by atoms with Gasteiger partial charge in [-0.25, -0.2) is 0 Å². The Balaban J connectivity index is 2.71. The van der Waals surface area contributed by atoms with Gasteiger partial charge >= 0.3 is 6.18 Å². The molecule has 0 aliphatic carbocycles. The van der Waals surface area contributed by atoms with Crippen LogP contribution in [0, 0.1) is 0 Å². The van der Waals surface area contributed by atoms with Crippen molar-refractivity contribution < 1.29 is 18.0 Å². The fraction of sp³-hybridized carbons (Fsp3) is 0.250. The Morgan fingerprint density at radius 1 is 1.39 bits per heavy atom. The van der Waals surface area contributed by atoms with Gasteiger partial charge in [0.2, 0.25) is 5.43 Å². The monoisotopic (exact) mass is 324 g/mol. The molecule has 1 N–H and O–H groups in total. The van der Waals surface area contributed by atoms with Gasteiger partial charge in [-0.05, 0) is 25.1 Å². The molecule has 0 bridgehead atoms. The van der Waals surface area contributed by atoms with E-state index in [-0.39, 0.29) is 17.5 Å². The number of benzene rings is 1. The molecule has 1 aromatic carbocycles. The van der Waals surface area contributed by atoms with Gasteiger partial charge in [0.25, 0.3) is 5.91 Å². The first-order valence-corrected chi connectivity index (χ1v) is 6.93. The molecule has 0 fully saturated rings. The Morgan fingerprint density at radius 3 is 2.65 bits per heavy atom. The van der Waals surface area contributed by atoms with Crippen LogP contribution in [-0.4, -0.2) is 17.0 Å². The van der Waals surface area contributed by atoms with Gasteiger partial charge in [-0.15, -0.1) is 6.58 Å². The van der Waals surface area contributed by atoms with Crippen molar-refractivity contribution in [3.05, 3.63) is 58.4 Å². The van der Waals surface area contributed by atoms with E-state index in [0.717, 1.165) is 12.1 Å². The quantitative estimate of drug-likeness (QED) is 0.879. The molecule has 122 valence electrons. The van der Waals surface area contributed by atoms with Gasteiger partial charge in [-0.1, -0.05) is 6.08 Å². The van der Waals surface area contributed by atoms with Crippen LogP contribution in [0.4, 0.5) is 13.2 Å². The van der Waals surface area contributed by atoms with E-state index in [0.29, 0.717) is 12.1 Å². The number of carbonyl (C=O) groups is 1. The SMILES string of the molecule is C=CCNC(=O)c1cn(CC)c2ccc(C(F)(F)F)cc2c1=O. The van der Waals surface area contributed by atoms with Crippen LogP contribution in [0.2, 0.25) is 0 Å². The zero-order chi connectivity index (χ0) is 17.2. The zero-order valence-corrected chi connectivity index (χ0v) is 12.4. The summed E-state index contributed by atoms with van der Waals surface area (Å²) in [5, 5.41) is 2.33. The minimum absolute atomic E-state index is 0.132. The van der Waals surface area contributed by atoms with Gasteiger partial charge in [0.05, 0.1) is 11.1 Å². The van der Waals surface area contributed by atoms with Crippen molar-refractivity contribution in [2.45, 2.75) is 19.6 Å². The lowest BCUT2D eigenvalue weighted by Crippen LogP contribution is -2.30. The number of nitrogens with one attached hydrogen (secondary N) is 1. The zero-order valence-electron chi connectivity index (χ0n) is 12.4. The molecule has 1 heterocycles. The molecule has 0 aliphatic rings. The molecule has 0 atom stereocenters. The van der Waals surface area contributed by atoms with E-state index in [4.69, 9.17) is 0 Å². The lowest BCUT2D eigenvalue weighted by molar-refractivity contribution is -0.137. The van der Waals surface area contributed by atoms with Gasteiger partial charge in [-0.3, -0.25) is 9.59 Å². The molecule has 2 aromatic rings. The highest BCUT2D eigenvalue weighted by molar-refractivity contribution is 5.97. The van der Waals surface area contributed by atoms with E-state index >= 15 is 0 Å². The summed E-state index contributed by atoms with van der Waals surface area (Å²) < 4.78 is 40.1. The summed E-state index contributed by atoms with van der Waals surface area (Å²) in [5.74, 6) is -0.642. The lowest BCUT2D eigenvalue weighted by atomic mass is 10.1. The summed E-state index contributed by atoms with van der Waals surface area (Å²) in [7, 11) is 0. The van der Waals surface area contributed by atoms with Gasteiger partial charge in [-0.2, -0.15) is 13.2 Å². The van der Waals surface area contributed by atoms with Crippen molar-refractivity contribution >= 4 is 16.8 Å². The molecule has 4 nitrogen and oxygen atoms in total. The van der Waals surface area contributed by atoms with Crippen LogP contribution in [0.25, 0.3) is 10.9 Å². The Morgan fingerprint density at radius 2 is 2.09 bits per heavy atom. The summed E-state index contributed by atoms with van der Waals surface area (Å²) >= 11 is 0. The summed E-state index contributed by atoms with van der Waals surface area (Å²) in [6, 6.07) is 2.95. The normalized spacial score (nSPS) is 11.5. The predicted molar refractivity (Wildman–Crippen MR) is 81.4 cm³/mol. The van der Waals surface area contributed by atoms with Crippen LogP contribution in [0.1, 0.15) is 22.8 Å². The molecule has 0 saturated carbocycles. The predicted octanol–water partition coefficient (Wildman–Crippen LogP) is 2.96. The van der Waals surface area contributed by atoms with Crippen molar-refractivity contribution in [1.82, 2.24) is 9.88 Å². The minimum atomic E-state index is -4.56. The topological polar surface area (TPSA) is 51.1 Å². The third-order valence-electron chi connectivity index (χ3n) is 3.40. The first-order valence-electron chi connectivity index (χ1n) is 6.93. The standard InChI is InChI=1S/C16H15F3N2O2/c1-3-7-20-15(23)12-9-21(4-2)13-6-5-10(16(17,18)19)8-11(13)14(12)22/h3,5-6,8-9H,1,4,7H2,2H3,(H,20,23). The second-order valence-electron chi connectivity index (χ2n) is 4.89. The molecule has 0 saturated heterocycles. The number of hydrogen-bond donors (Lipinski definition) is 1. The highest BCUT2D eigenvalue weighted by Gasteiger charge is 2.31. The number of halogens is 3. The molecular formula is C16H15F3N2O2. The summed E-state index contributed by atoms with van der Waals surface area (Å²) in [5.41, 5.74) is -1.49. The fourth-order valence-corrected chi connectivity index (χ4v) is 2.26. The maximum absolute atomic E-state index is 12.9. The first-order chi connectivity index (χ1) is 10.8. The van der Waals surface area contributed by atoms with Crippen LogP contribution in [0.3, 0.4) is 0 Å². The molecule has 0 aliphatic heterocycles. The van der Waals surface area contributed by atoms with Crippen molar-refractivity contribution in [3.63, 3.8) is 0 Å². The number of amides is 1. The maximum Gasteiger partial charge on any atom is 0.416 e. The Labute approximate surface area is 130 Å². The van der Waals surface area contributed by atoms with E-state index in [9.17, 15) is 22.8 Å². The minimum Gasteiger partial charge on any atom is -0.348 e. The summed E-state index contributed by atoms with van der Waals surface area (Å²) in [6.07, 6.45) is -1.76. The van der Waals surface area contributed by atoms with Crippen LogP contribution >= 0.6 is 0 Å². The largest absolute Gasteiger partial charge is 0.416 e. The molecule has 0 unspecified atom stereocenters. The first kappa shape index (κ1) is 16.8. The Bertz CT molecular complexity index is 822. The molecule has 1 amide bonds. The van der Waals surface area contributed by atoms with Crippen molar-refractivity contribution in [3.8, 4) is 0 Å². The van der Waals surface area contributed by atoms with Crippen molar-refractivity contribution in [1.29, 1.82) is 0 Å². The summed E-state index contributed by atoms with van der Waals surface area (Å²) in [4.78, 5) is 24.4. The van der Waals surface area contributed by atoms with E-state index in [1.807, 2.05) is 0 Å². The molecule has 1 aromatic heterocycles. The molecule has 0 spiro atoms. The van der Waals surface area contributed by atoms with Crippen molar-refractivity contribution in [2.75, 3.05) is 6.54 Å². The Hall–Kier alpha value is -2.57. The van der Waals surface area contributed by atoms with Crippen LogP contribution in [0.15, 0.2) is 41.8 Å². The number of aryl methyl sites for hydroxylation is 1. The van der Waals surface area contributed by atoms with Crippen molar-refractivity contribution in [2.24, 2.45) is 0 Å². The highest BCUT2D eigenvalue weighted by Crippen LogP contribution is 2.30. The molecular weight excluding hydrogens is 309 g/mol. The maximum atomic E-state index is 12.9. The number of nitrogens with zero attached hydrogens (tertiary/aromatic N) is 1. The third kappa shape index (κ3) is 3.28. The molecule has 7 heteroatoms. The molecule has 0 radical (unpaired) electrons. The second-order valence-corrected chi connectivity index (χ2v) is 4.89. The van der Waals surface area contributed by atoms with Crippen LogP contribution < -0.4 is 10.7 Å². The number of alkyl halides is 3. The number of rotatable bonds is 4. The molecule has 2 rings (SSSR count). The van der Waals surface area contributed by atoms with E-state index in [1.165, 1.54) is 18.3 Å². The average molecular weight is 324 g/mol. The average Bonchev–Trinajstić information content (AvgIpc) is 2.52. The fourth-order valence-electron chi connectivity index (χ4n) is 2.26. The van der Waals surface area contributed by atoms with Gasteiger partial charge in [0.15, 0.2) is 0 Å². The van der Waals surface area contributed by atoms with E-state index in [1.54, 1.807) is 11.5 Å². The van der Waals surface area contributed by atoms with Crippen LogP contribution in [-0.2, 0) is 12.7 Å². The number of aromatic nitrogens is 1. The smallest absolute Gasteiger partial charge is 0.348 e. The molecule has 23 heavy (non-hydrogen) atoms. The van der Waals surface area contributed by atoms with E-state index < -0.39 is 23.1 Å². The Kier molecular flexibility index (Phi) is 4.58. The van der Waals surface area contributed by atoms with Gasteiger partial charge < -0.3 is 9.88 Å². The lowest BCUT2D eigenvalue weighted by Gasteiger charge is -2.13. The number of carbonyl (C=O) groups excluding carboxylic acids is 1. The highest BCUT2D eigenvalue weighted by atomic mass is 19.4.